The second-order valence-electron chi connectivity index (χ2n) is 4.54. The van der Waals surface area contributed by atoms with Gasteiger partial charge >= 0.3 is 0 Å². The summed E-state index contributed by atoms with van der Waals surface area (Å²) < 4.78 is 10.5. The zero-order chi connectivity index (χ0) is 13.2. The van der Waals surface area contributed by atoms with E-state index in [0.29, 0.717) is 19.3 Å². The van der Waals surface area contributed by atoms with Gasteiger partial charge in [-0.2, -0.15) is 0 Å². The SMILES string of the molecule is CCCNC(C)Cc1ccc(OCCOC)cc1. The van der Waals surface area contributed by atoms with Crippen LogP contribution < -0.4 is 10.1 Å². The number of ether oxygens (including phenoxy) is 2. The molecule has 3 heteroatoms. The number of rotatable bonds is 9. The number of benzene rings is 1. The Balaban J connectivity index is 2.35. The third-order valence-corrected chi connectivity index (χ3v) is 2.76. The van der Waals surface area contributed by atoms with Crippen molar-refractivity contribution in [2.24, 2.45) is 0 Å². The van der Waals surface area contributed by atoms with Crippen molar-refractivity contribution in [2.45, 2.75) is 32.7 Å². The second-order valence-corrected chi connectivity index (χ2v) is 4.54. The molecule has 0 fully saturated rings. The minimum absolute atomic E-state index is 0.519. The van der Waals surface area contributed by atoms with Crippen molar-refractivity contribution in [2.75, 3.05) is 26.9 Å². The summed E-state index contributed by atoms with van der Waals surface area (Å²) in [5.41, 5.74) is 1.34. The standard InChI is InChI=1S/C15H25NO2/c1-4-9-16-13(2)12-14-5-7-15(8-6-14)18-11-10-17-3/h5-8,13,16H,4,9-12H2,1-3H3. The van der Waals surface area contributed by atoms with Crippen LogP contribution in [0.15, 0.2) is 24.3 Å². The molecule has 1 aromatic carbocycles. The normalized spacial score (nSPS) is 12.4. The van der Waals surface area contributed by atoms with Gasteiger partial charge in [0.15, 0.2) is 0 Å². The lowest BCUT2D eigenvalue weighted by atomic mass is 10.1. The van der Waals surface area contributed by atoms with Gasteiger partial charge in [0.05, 0.1) is 6.61 Å². The molecule has 0 saturated heterocycles. The van der Waals surface area contributed by atoms with Gasteiger partial charge in [-0.05, 0) is 44.0 Å². The van der Waals surface area contributed by atoms with Crippen molar-refractivity contribution >= 4 is 0 Å². The van der Waals surface area contributed by atoms with Gasteiger partial charge in [-0.25, -0.2) is 0 Å². The Morgan fingerprint density at radius 3 is 2.50 bits per heavy atom. The molecule has 0 heterocycles. The Kier molecular flexibility index (Phi) is 7.46. The van der Waals surface area contributed by atoms with E-state index in [9.17, 15) is 0 Å². The first-order valence-electron chi connectivity index (χ1n) is 6.70. The van der Waals surface area contributed by atoms with E-state index in [1.807, 2.05) is 12.1 Å². The maximum absolute atomic E-state index is 5.53. The maximum atomic E-state index is 5.53. The first kappa shape index (κ1) is 15.0. The van der Waals surface area contributed by atoms with Gasteiger partial charge in [-0.3, -0.25) is 0 Å². The summed E-state index contributed by atoms with van der Waals surface area (Å²) in [5, 5.41) is 3.49. The molecule has 1 rings (SSSR count). The van der Waals surface area contributed by atoms with Crippen molar-refractivity contribution in [3.05, 3.63) is 29.8 Å². The van der Waals surface area contributed by atoms with E-state index in [0.717, 1.165) is 18.7 Å². The highest BCUT2D eigenvalue weighted by molar-refractivity contribution is 5.27. The molecule has 1 unspecified atom stereocenters. The van der Waals surface area contributed by atoms with Gasteiger partial charge in [-0.1, -0.05) is 19.1 Å². The van der Waals surface area contributed by atoms with E-state index in [1.165, 1.54) is 12.0 Å². The van der Waals surface area contributed by atoms with E-state index >= 15 is 0 Å². The average molecular weight is 251 g/mol. The summed E-state index contributed by atoms with van der Waals surface area (Å²) in [6.45, 7) is 6.72. The van der Waals surface area contributed by atoms with Crippen LogP contribution in [-0.2, 0) is 11.2 Å². The van der Waals surface area contributed by atoms with Crippen LogP contribution in [0, 0.1) is 0 Å². The smallest absolute Gasteiger partial charge is 0.119 e. The molecule has 1 aromatic rings. The fourth-order valence-corrected chi connectivity index (χ4v) is 1.78. The van der Waals surface area contributed by atoms with Crippen molar-refractivity contribution in [1.29, 1.82) is 0 Å². The molecule has 0 radical (unpaired) electrons. The molecule has 0 spiro atoms. The maximum Gasteiger partial charge on any atom is 0.119 e. The Labute approximate surface area is 110 Å². The molecule has 0 bridgehead atoms. The third kappa shape index (κ3) is 6.03. The van der Waals surface area contributed by atoms with Gasteiger partial charge in [0.2, 0.25) is 0 Å². The predicted molar refractivity (Wildman–Crippen MR) is 75.3 cm³/mol. The van der Waals surface area contributed by atoms with Gasteiger partial charge in [0.1, 0.15) is 12.4 Å². The van der Waals surface area contributed by atoms with Crippen molar-refractivity contribution in [1.82, 2.24) is 5.32 Å². The highest BCUT2D eigenvalue weighted by Crippen LogP contribution is 2.13. The molecule has 0 saturated carbocycles. The number of hydrogen-bond donors (Lipinski definition) is 1. The summed E-state index contributed by atoms with van der Waals surface area (Å²) in [6, 6.07) is 8.83. The highest BCUT2D eigenvalue weighted by atomic mass is 16.5. The summed E-state index contributed by atoms with van der Waals surface area (Å²) >= 11 is 0. The quantitative estimate of drug-likeness (QED) is 0.684. The fourth-order valence-electron chi connectivity index (χ4n) is 1.78. The van der Waals surface area contributed by atoms with Crippen molar-refractivity contribution in [3.63, 3.8) is 0 Å². The minimum atomic E-state index is 0.519. The van der Waals surface area contributed by atoms with Crippen LogP contribution in [0.3, 0.4) is 0 Å². The summed E-state index contributed by atoms with van der Waals surface area (Å²) in [7, 11) is 1.68. The van der Waals surface area contributed by atoms with Crippen molar-refractivity contribution < 1.29 is 9.47 Å². The second kappa shape index (κ2) is 8.95. The van der Waals surface area contributed by atoms with E-state index in [-0.39, 0.29) is 0 Å². The fraction of sp³-hybridized carbons (Fsp3) is 0.600. The lowest BCUT2D eigenvalue weighted by molar-refractivity contribution is 0.146. The first-order chi connectivity index (χ1) is 8.76. The molecular weight excluding hydrogens is 226 g/mol. The molecule has 1 N–H and O–H groups in total. The van der Waals surface area contributed by atoms with Gasteiger partial charge < -0.3 is 14.8 Å². The van der Waals surface area contributed by atoms with Crippen LogP contribution in [0.25, 0.3) is 0 Å². The lowest BCUT2D eigenvalue weighted by Gasteiger charge is -2.13. The Bertz CT molecular complexity index is 311. The topological polar surface area (TPSA) is 30.5 Å². The molecule has 0 aliphatic rings. The van der Waals surface area contributed by atoms with Crippen LogP contribution in [0.5, 0.6) is 5.75 Å². The van der Waals surface area contributed by atoms with Crippen molar-refractivity contribution in [3.8, 4) is 5.75 Å². The molecular formula is C15H25NO2. The minimum Gasteiger partial charge on any atom is -0.491 e. The first-order valence-corrected chi connectivity index (χ1v) is 6.70. The van der Waals surface area contributed by atoms with Crippen LogP contribution in [-0.4, -0.2) is 32.9 Å². The summed E-state index contributed by atoms with van der Waals surface area (Å²) in [6.07, 6.45) is 2.23. The van der Waals surface area contributed by atoms with Crippen LogP contribution in [0.4, 0.5) is 0 Å². The molecule has 102 valence electrons. The van der Waals surface area contributed by atoms with Crippen LogP contribution >= 0.6 is 0 Å². The molecule has 0 aromatic heterocycles. The van der Waals surface area contributed by atoms with Gasteiger partial charge in [0.25, 0.3) is 0 Å². The molecule has 1 atom stereocenters. The zero-order valence-electron chi connectivity index (χ0n) is 11.7. The summed E-state index contributed by atoms with van der Waals surface area (Å²) in [4.78, 5) is 0. The average Bonchev–Trinajstić information content (AvgIpc) is 2.39. The zero-order valence-corrected chi connectivity index (χ0v) is 11.7. The van der Waals surface area contributed by atoms with E-state index < -0.39 is 0 Å². The van der Waals surface area contributed by atoms with E-state index in [1.54, 1.807) is 7.11 Å². The molecule has 0 aliphatic carbocycles. The van der Waals surface area contributed by atoms with Gasteiger partial charge in [0, 0.05) is 13.2 Å². The number of hydrogen-bond acceptors (Lipinski definition) is 3. The third-order valence-electron chi connectivity index (χ3n) is 2.76. The number of methoxy groups -OCH3 is 1. The predicted octanol–water partition coefficient (Wildman–Crippen LogP) is 2.64. The molecule has 3 nitrogen and oxygen atoms in total. The van der Waals surface area contributed by atoms with Crippen LogP contribution in [0.2, 0.25) is 0 Å². The monoisotopic (exact) mass is 251 g/mol. The van der Waals surface area contributed by atoms with E-state index in [2.05, 4.69) is 31.3 Å². The Morgan fingerprint density at radius 2 is 1.89 bits per heavy atom. The van der Waals surface area contributed by atoms with E-state index in [4.69, 9.17) is 9.47 Å². The highest BCUT2D eigenvalue weighted by Gasteiger charge is 2.02. The molecule has 0 amide bonds. The largest absolute Gasteiger partial charge is 0.491 e. The number of nitrogens with one attached hydrogen (secondary N) is 1. The van der Waals surface area contributed by atoms with Gasteiger partial charge in [-0.15, -0.1) is 0 Å². The lowest BCUT2D eigenvalue weighted by Crippen LogP contribution is -2.28. The Hall–Kier alpha value is -1.06. The van der Waals surface area contributed by atoms with Crippen LogP contribution in [0.1, 0.15) is 25.8 Å². The Morgan fingerprint density at radius 1 is 1.17 bits per heavy atom. The molecule has 0 aliphatic heterocycles. The summed E-state index contributed by atoms with van der Waals surface area (Å²) in [5.74, 6) is 0.907. The molecule has 18 heavy (non-hydrogen) atoms.